The van der Waals surface area contributed by atoms with E-state index < -0.39 is 12.5 Å². The Morgan fingerprint density at radius 2 is 2.00 bits per heavy atom. The summed E-state index contributed by atoms with van der Waals surface area (Å²) >= 11 is 0. The van der Waals surface area contributed by atoms with Crippen LogP contribution in [0.4, 0.5) is 8.78 Å². The molecule has 0 radical (unpaired) electrons. The van der Waals surface area contributed by atoms with E-state index in [1.54, 1.807) is 0 Å². The second-order valence-corrected chi connectivity index (χ2v) is 3.44. The summed E-state index contributed by atoms with van der Waals surface area (Å²) in [6, 6.07) is 0.0806. The van der Waals surface area contributed by atoms with E-state index in [0.29, 0.717) is 6.61 Å². The summed E-state index contributed by atoms with van der Waals surface area (Å²) in [5.41, 5.74) is 0. The van der Waals surface area contributed by atoms with Crippen LogP contribution in [-0.2, 0) is 4.74 Å². The number of nitrogens with one attached hydrogen (secondary N) is 1. The standard InChI is InChI=1S/C9H19F2NO/c1-4-5-13-7-9(10,11)6-12-8(2)3/h8,12H,4-7H2,1-3H3. The fourth-order valence-corrected chi connectivity index (χ4v) is 0.770. The molecule has 0 amide bonds. The van der Waals surface area contributed by atoms with Crippen molar-refractivity contribution in [3.63, 3.8) is 0 Å². The van der Waals surface area contributed by atoms with Crippen molar-refractivity contribution >= 4 is 0 Å². The van der Waals surface area contributed by atoms with Crippen LogP contribution in [0, 0.1) is 0 Å². The summed E-state index contributed by atoms with van der Waals surface area (Å²) in [4.78, 5) is 0. The normalized spacial score (nSPS) is 12.5. The minimum atomic E-state index is -2.75. The molecule has 0 aromatic carbocycles. The van der Waals surface area contributed by atoms with Crippen molar-refractivity contribution in [3.8, 4) is 0 Å². The van der Waals surface area contributed by atoms with E-state index in [9.17, 15) is 8.78 Å². The second-order valence-electron chi connectivity index (χ2n) is 3.44. The third-order valence-electron chi connectivity index (χ3n) is 1.43. The van der Waals surface area contributed by atoms with Crippen LogP contribution in [0.3, 0.4) is 0 Å². The molecule has 0 rings (SSSR count). The zero-order valence-corrected chi connectivity index (χ0v) is 8.57. The Hall–Kier alpha value is -0.220. The first-order valence-electron chi connectivity index (χ1n) is 4.67. The van der Waals surface area contributed by atoms with Crippen LogP contribution in [0.15, 0.2) is 0 Å². The largest absolute Gasteiger partial charge is 0.375 e. The maximum Gasteiger partial charge on any atom is 0.283 e. The van der Waals surface area contributed by atoms with E-state index in [1.165, 1.54) is 0 Å². The summed E-state index contributed by atoms with van der Waals surface area (Å²) in [5.74, 6) is -2.75. The van der Waals surface area contributed by atoms with Gasteiger partial charge in [0.15, 0.2) is 0 Å². The molecule has 4 heteroatoms. The lowest BCUT2D eigenvalue weighted by atomic mass is 10.3. The summed E-state index contributed by atoms with van der Waals surface area (Å²) in [6.45, 7) is 5.17. The first kappa shape index (κ1) is 12.8. The van der Waals surface area contributed by atoms with Crippen LogP contribution in [0.25, 0.3) is 0 Å². The van der Waals surface area contributed by atoms with Gasteiger partial charge in [-0.3, -0.25) is 0 Å². The molecule has 0 saturated carbocycles. The third kappa shape index (κ3) is 8.12. The zero-order valence-electron chi connectivity index (χ0n) is 8.57. The van der Waals surface area contributed by atoms with Gasteiger partial charge in [0.1, 0.15) is 6.61 Å². The van der Waals surface area contributed by atoms with Crippen molar-refractivity contribution in [1.82, 2.24) is 5.32 Å². The van der Waals surface area contributed by atoms with Gasteiger partial charge in [-0.2, -0.15) is 0 Å². The van der Waals surface area contributed by atoms with E-state index in [2.05, 4.69) is 5.32 Å². The van der Waals surface area contributed by atoms with Crippen molar-refractivity contribution in [2.75, 3.05) is 19.8 Å². The first-order valence-corrected chi connectivity index (χ1v) is 4.67. The van der Waals surface area contributed by atoms with Gasteiger partial charge in [-0.05, 0) is 6.42 Å². The van der Waals surface area contributed by atoms with Gasteiger partial charge in [-0.15, -0.1) is 0 Å². The number of rotatable bonds is 7. The van der Waals surface area contributed by atoms with Crippen LogP contribution in [0.5, 0.6) is 0 Å². The molecule has 1 N–H and O–H groups in total. The highest BCUT2D eigenvalue weighted by atomic mass is 19.3. The molecular formula is C9H19F2NO. The fourth-order valence-electron chi connectivity index (χ4n) is 0.770. The molecule has 0 aliphatic heterocycles. The highest BCUT2D eigenvalue weighted by Crippen LogP contribution is 2.12. The van der Waals surface area contributed by atoms with E-state index in [0.717, 1.165) is 6.42 Å². The van der Waals surface area contributed by atoms with E-state index in [1.807, 2.05) is 20.8 Å². The molecule has 0 aliphatic carbocycles. The number of hydrogen-bond acceptors (Lipinski definition) is 2. The number of halogens is 2. The van der Waals surface area contributed by atoms with Gasteiger partial charge in [-0.1, -0.05) is 20.8 Å². The second kappa shape index (κ2) is 6.27. The molecule has 0 unspecified atom stereocenters. The van der Waals surface area contributed by atoms with E-state index in [-0.39, 0.29) is 12.6 Å². The Morgan fingerprint density at radius 3 is 2.46 bits per heavy atom. The van der Waals surface area contributed by atoms with Crippen molar-refractivity contribution in [2.24, 2.45) is 0 Å². The Kier molecular flexibility index (Phi) is 6.16. The monoisotopic (exact) mass is 195 g/mol. The van der Waals surface area contributed by atoms with Gasteiger partial charge < -0.3 is 10.1 Å². The van der Waals surface area contributed by atoms with Gasteiger partial charge in [0.25, 0.3) is 5.92 Å². The SMILES string of the molecule is CCCOCC(F)(F)CNC(C)C. The average molecular weight is 195 g/mol. The van der Waals surface area contributed by atoms with Gasteiger partial charge in [-0.25, -0.2) is 8.78 Å². The molecule has 2 nitrogen and oxygen atoms in total. The van der Waals surface area contributed by atoms with Gasteiger partial charge in [0.05, 0.1) is 6.54 Å². The quantitative estimate of drug-likeness (QED) is 0.628. The van der Waals surface area contributed by atoms with Crippen LogP contribution in [-0.4, -0.2) is 31.7 Å². The smallest absolute Gasteiger partial charge is 0.283 e. The summed E-state index contributed by atoms with van der Waals surface area (Å²) < 4.78 is 30.6. The lowest BCUT2D eigenvalue weighted by molar-refractivity contribution is -0.0753. The van der Waals surface area contributed by atoms with Crippen LogP contribution in [0.2, 0.25) is 0 Å². The molecule has 80 valence electrons. The molecule has 0 spiro atoms. The summed E-state index contributed by atoms with van der Waals surface area (Å²) in [7, 11) is 0. The predicted molar refractivity (Wildman–Crippen MR) is 49.2 cm³/mol. The molecule has 0 aromatic heterocycles. The van der Waals surface area contributed by atoms with Gasteiger partial charge in [0, 0.05) is 12.6 Å². The maximum atomic E-state index is 12.9. The predicted octanol–water partition coefficient (Wildman–Crippen LogP) is 2.05. The number of alkyl halides is 2. The van der Waals surface area contributed by atoms with Crippen LogP contribution in [0.1, 0.15) is 27.2 Å². The topological polar surface area (TPSA) is 21.3 Å². The Bertz CT molecular complexity index is 129. The van der Waals surface area contributed by atoms with Crippen molar-refractivity contribution in [3.05, 3.63) is 0 Å². The highest BCUT2D eigenvalue weighted by molar-refractivity contribution is 4.70. The number of ether oxygens (including phenoxy) is 1. The minimum Gasteiger partial charge on any atom is -0.375 e. The zero-order chi connectivity index (χ0) is 10.3. The lowest BCUT2D eigenvalue weighted by Crippen LogP contribution is -2.39. The van der Waals surface area contributed by atoms with E-state index in [4.69, 9.17) is 4.74 Å². The Labute approximate surface area is 78.7 Å². The Balaban J connectivity index is 3.54. The maximum absolute atomic E-state index is 12.9. The fraction of sp³-hybridized carbons (Fsp3) is 1.00. The highest BCUT2D eigenvalue weighted by Gasteiger charge is 2.28. The number of hydrogen-bond donors (Lipinski definition) is 1. The molecule has 0 heterocycles. The molecule has 0 bridgehead atoms. The average Bonchev–Trinajstić information content (AvgIpc) is 2.02. The molecule has 0 aliphatic rings. The summed E-state index contributed by atoms with van der Waals surface area (Å²) in [5, 5.41) is 2.68. The molecule has 0 saturated heterocycles. The molecular weight excluding hydrogens is 176 g/mol. The van der Waals surface area contributed by atoms with Crippen LogP contribution >= 0.6 is 0 Å². The molecule has 13 heavy (non-hydrogen) atoms. The van der Waals surface area contributed by atoms with Crippen molar-refractivity contribution < 1.29 is 13.5 Å². The Morgan fingerprint density at radius 1 is 1.38 bits per heavy atom. The molecule has 0 atom stereocenters. The van der Waals surface area contributed by atoms with Gasteiger partial charge in [0.2, 0.25) is 0 Å². The van der Waals surface area contributed by atoms with E-state index >= 15 is 0 Å². The third-order valence-corrected chi connectivity index (χ3v) is 1.43. The van der Waals surface area contributed by atoms with Crippen LogP contribution < -0.4 is 5.32 Å². The molecule has 0 aromatic rings. The van der Waals surface area contributed by atoms with Gasteiger partial charge >= 0.3 is 0 Å². The van der Waals surface area contributed by atoms with Crippen molar-refractivity contribution in [1.29, 1.82) is 0 Å². The van der Waals surface area contributed by atoms with Crippen molar-refractivity contribution in [2.45, 2.75) is 39.2 Å². The summed E-state index contributed by atoms with van der Waals surface area (Å²) in [6.07, 6.45) is 0.772. The first-order chi connectivity index (χ1) is 5.98. The minimum absolute atomic E-state index is 0.0806. The molecule has 0 fully saturated rings. The lowest BCUT2D eigenvalue weighted by Gasteiger charge is -2.18.